The average Bonchev–Trinajstić information content (AvgIpc) is 2.34. The first-order valence-electron chi connectivity index (χ1n) is 3.68. The Hall–Kier alpha value is -1.52. The lowest BCUT2D eigenvalue weighted by atomic mass is 10.4. The summed E-state index contributed by atoms with van der Waals surface area (Å²) in [6.45, 7) is 2.43. The summed E-state index contributed by atoms with van der Waals surface area (Å²) in [5.41, 5.74) is -0.673. The van der Waals surface area contributed by atoms with Gasteiger partial charge in [-0.05, 0) is 6.42 Å². The second-order valence-corrected chi connectivity index (χ2v) is 2.45. The number of aromatic amines is 1. The van der Waals surface area contributed by atoms with Gasteiger partial charge in [0.15, 0.2) is 0 Å². The van der Waals surface area contributed by atoms with Crippen molar-refractivity contribution < 1.29 is 9.90 Å². The van der Waals surface area contributed by atoms with Crippen molar-refractivity contribution in [2.75, 3.05) is 0 Å². The predicted molar refractivity (Wildman–Crippen MR) is 42.3 cm³/mol. The van der Waals surface area contributed by atoms with E-state index in [4.69, 9.17) is 5.11 Å². The Morgan fingerprint density at radius 2 is 2.42 bits per heavy atom. The number of H-pyrrole nitrogens is 1. The van der Waals surface area contributed by atoms with Crippen molar-refractivity contribution in [1.82, 2.24) is 9.78 Å². The maximum absolute atomic E-state index is 11.2. The van der Waals surface area contributed by atoms with Crippen molar-refractivity contribution in [1.29, 1.82) is 0 Å². The summed E-state index contributed by atoms with van der Waals surface area (Å²) in [7, 11) is 0. The Labute approximate surface area is 68.6 Å². The van der Waals surface area contributed by atoms with Crippen molar-refractivity contribution in [3.05, 3.63) is 22.1 Å². The first-order chi connectivity index (χ1) is 5.66. The van der Waals surface area contributed by atoms with Crippen molar-refractivity contribution in [3.8, 4) is 0 Å². The van der Waals surface area contributed by atoms with Gasteiger partial charge in [0.2, 0.25) is 0 Å². The molecule has 0 aliphatic heterocycles. The molecule has 5 nitrogen and oxygen atoms in total. The second kappa shape index (κ2) is 3.25. The SMILES string of the molecule is CCCn1[nH]cc(C(=O)O)c1=O. The van der Waals surface area contributed by atoms with Gasteiger partial charge in [0.1, 0.15) is 5.56 Å². The van der Waals surface area contributed by atoms with E-state index in [0.29, 0.717) is 6.54 Å². The van der Waals surface area contributed by atoms with E-state index in [9.17, 15) is 9.59 Å². The quantitative estimate of drug-likeness (QED) is 0.684. The first kappa shape index (κ1) is 8.58. The van der Waals surface area contributed by atoms with Gasteiger partial charge in [-0.15, -0.1) is 0 Å². The molecule has 1 aromatic rings. The monoisotopic (exact) mass is 170 g/mol. The molecular formula is C7H10N2O3. The Balaban J connectivity index is 3.05. The number of carbonyl (C=O) groups is 1. The molecule has 0 unspecified atom stereocenters. The molecule has 1 aromatic heterocycles. The van der Waals surface area contributed by atoms with Gasteiger partial charge in [0.05, 0.1) is 0 Å². The van der Waals surface area contributed by atoms with E-state index in [1.54, 1.807) is 0 Å². The summed E-state index contributed by atoms with van der Waals surface area (Å²) in [5.74, 6) is -1.19. The molecule has 66 valence electrons. The standard InChI is InChI=1S/C7H10N2O3/c1-2-3-9-6(10)5(4-8-9)7(11)12/h4,8H,2-3H2,1H3,(H,11,12). The molecule has 0 saturated carbocycles. The first-order valence-corrected chi connectivity index (χ1v) is 3.68. The number of rotatable bonds is 3. The molecular weight excluding hydrogens is 160 g/mol. The molecule has 0 fully saturated rings. The molecule has 12 heavy (non-hydrogen) atoms. The molecule has 1 heterocycles. The van der Waals surface area contributed by atoms with Crippen molar-refractivity contribution in [3.63, 3.8) is 0 Å². The molecule has 0 saturated heterocycles. The largest absolute Gasteiger partial charge is 0.477 e. The fourth-order valence-electron chi connectivity index (χ4n) is 0.951. The van der Waals surface area contributed by atoms with E-state index in [1.165, 1.54) is 10.9 Å². The van der Waals surface area contributed by atoms with E-state index in [2.05, 4.69) is 5.10 Å². The van der Waals surface area contributed by atoms with Crippen molar-refractivity contribution in [2.45, 2.75) is 19.9 Å². The number of aromatic nitrogens is 2. The number of hydrogen-bond acceptors (Lipinski definition) is 2. The Bertz CT molecular complexity index is 337. The summed E-state index contributed by atoms with van der Waals surface area (Å²) >= 11 is 0. The van der Waals surface area contributed by atoms with Crippen LogP contribution in [0.25, 0.3) is 0 Å². The minimum Gasteiger partial charge on any atom is -0.477 e. The van der Waals surface area contributed by atoms with E-state index < -0.39 is 11.5 Å². The van der Waals surface area contributed by atoms with Gasteiger partial charge in [-0.1, -0.05) is 6.92 Å². The number of nitrogens with zero attached hydrogens (tertiary/aromatic N) is 1. The molecule has 0 spiro atoms. The predicted octanol–water partition coefficient (Wildman–Crippen LogP) is 0.285. The molecule has 0 atom stereocenters. The van der Waals surface area contributed by atoms with Crippen LogP contribution in [0.4, 0.5) is 0 Å². The van der Waals surface area contributed by atoms with Crippen LogP contribution in [0.3, 0.4) is 0 Å². The molecule has 0 bridgehead atoms. The van der Waals surface area contributed by atoms with Gasteiger partial charge >= 0.3 is 5.97 Å². The molecule has 0 radical (unpaired) electrons. The van der Waals surface area contributed by atoms with Crippen LogP contribution in [0.1, 0.15) is 23.7 Å². The van der Waals surface area contributed by atoms with Gasteiger partial charge in [-0.25, -0.2) is 4.79 Å². The average molecular weight is 170 g/mol. The van der Waals surface area contributed by atoms with Crippen LogP contribution in [0.5, 0.6) is 0 Å². The Kier molecular flexibility index (Phi) is 2.32. The van der Waals surface area contributed by atoms with Gasteiger partial charge in [-0.2, -0.15) is 0 Å². The maximum Gasteiger partial charge on any atom is 0.342 e. The van der Waals surface area contributed by atoms with Crippen LogP contribution in [-0.2, 0) is 6.54 Å². The molecule has 5 heteroatoms. The third kappa shape index (κ3) is 1.39. The van der Waals surface area contributed by atoms with Crippen LogP contribution >= 0.6 is 0 Å². The van der Waals surface area contributed by atoms with E-state index in [1.807, 2.05) is 6.92 Å². The van der Waals surface area contributed by atoms with Crippen LogP contribution in [0.15, 0.2) is 11.0 Å². The molecule has 2 N–H and O–H groups in total. The number of hydrogen-bond donors (Lipinski definition) is 2. The van der Waals surface area contributed by atoms with Crippen molar-refractivity contribution in [2.24, 2.45) is 0 Å². The molecule has 0 amide bonds. The van der Waals surface area contributed by atoms with Gasteiger partial charge in [-0.3, -0.25) is 9.48 Å². The third-order valence-corrected chi connectivity index (χ3v) is 1.52. The second-order valence-electron chi connectivity index (χ2n) is 2.45. The number of nitrogens with one attached hydrogen (secondary N) is 1. The molecule has 0 aliphatic carbocycles. The number of aryl methyl sites for hydroxylation is 1. The molecule has 0 aliphatic rings. The summed E-state index contributed by atoms with van der Waals surface area (Å²) in [6, 6.07) is 0. The van der Waals surface area contributed by atoms with Gasteiger partial charge in [0, 0.05) is 12.7 Å². The van der Waals surface area contributed by atoms with Crippen LogP contribution in [-0.4, -0.2) is 20.9 Å². The summed E-state index contributed by atoms with van der Waals surface area (Å²) in [5, 5.41) is 11.1. The zero-order chi connectivity index (χ0) is 9.14. The summed E-state index contributed by atoms with van der Waals surface area (Å²) in [4.78, 5) is 21.6. The minimum atomic E-state index is -1.19. The maximum atomic E-state index is 11.2. The zero-order valence-electron chi connectivity index (χ0n) is 6.70. The van der Waals surface area contributed by atoms with Gasteiger partial charge < -0.3 is 10.2 Å². The normalized spacial score (nSPS) is 10.1. The number of carboxylic acids is 1. The van der Waals surface area contributed by atoms with E-state index in [-0.39, 0.29) is 5.56 Å². The lowest BCUT2D eigenvalue weighted by molar-refractivity contribution is 0.0695. The van der Waals surface area contributed by atoms with E-state index in [0.717, 1.165) is 6.42 Å². The Morgan fingerprint density at radius 1 is 1.75 bits per heavy atom. The van der Waals surface area contributed by atoms with Crippen molar-refractivity contribution >= 4 is 5.97 Å². The van der Waals surface area contributed by atoms with E-state index >= 15 is 0 Å². The minimum absolute atomic E-state index is 0.205. The van der Waals surface area contributed by atoms with Crippen LogP contribution in [0, 0.1) is 0 Å². The number of aromatic carboxylic acids is 1. The fourth-order valence-corrected chi connectivity index (χ4v) is 0.951. The van der Waals surface area contributed by atoms with Crippen LogP contribution in [0.2, 0.25) is 0 Å². The van der Waals surface area contributed by atoms with Gasteiger partial charge in [0.25, 0.3) is 5.56 Å². The topological polar surface area (TPSA) is 75.1 Å². The summed E-state index contributed by atoms with van der Waals surface area (Å²) < 4.78 is 1.28. The highest BCUT2D eigenvalue weighted by molar-refractivity contribution is 5.86. The zero-order valence-corrected chi connectivity index (χ0v) is 6.70. The lowest BCUT2D eigenvalue weighted by Gasteiger charge is -1.94. The molecule has 0 aromatic carbocycles. The highest BCUT2D eigenvalue weighted by Crippen LogP contribution is 1.90. The Morgan fingerprint density at radius 3 is 2.83 bits per heavy atom. The number of carboxylic acid groups (broad SMARTS) is 1. The summed E-state index contributed by atoms with van der Waals surface area (Å²) in [6.07, 6.45) is 2.00. The molecule has 1 rings (SSSR count). The third-order valence-electron chi connectivity index (χ3n) is 1.52. The smallest absolute Gasteiger partial charge is 0.342 e. The highest BCUT2D eigenvalue weighted by atomic mass is 16.4. The highest BCUT2D eigenvalue weighted by Gasteiger charge is 2.11. The van der Waals surface area contributed by atoms with Crippen LogP contribution < -0.4 is 5.56 Å². The fraction of sp³-hybridized carbons (Fsp3) is 0.429. The lowest BCUT2D eigenvalue weighted by Crippen LogP contribution is -2.21.